The molecule has 2 N–H and O–H groups in total. The number of fused-ring (bicyclic) bond motifs is 1. The van der Waals surface area contributed by atoms with Gasteiger partial charge < -0.3 is 10.1 Å². The Bertz CT molecular complexity index is 1250. The van der Waals surface area contributed by atoms with Crippen molar-refractivity contribution in [2.24, 2.45) is 5.92 Å². The lowest BCUT2D eigenvalue weighted by atomic mass is 10.1. The Kier molecular flexibility index (Phi) is 6.61. The molecule has 2 aromatic rings. The Morgan fingerprint density at radius 3 is 2.59 bits per heavy atom. The molecule has 3 amide bonds. The van der Waals surface area contributed by atoms with Crippen LogP contribution in [0.4, 0.5) is 4.79 Å². The molecule has 1 atom stereocenters. The zero-order chi connectivity index (χ0) is 24.6. The first-order valence-corrected chi connectivity index (χ1v) is 13.2. The summed E-state index contributed by atoms with van der Waals surface area (Å²) in [5.74, 6) is -0.951. The second-order valence-electron chi connectivity index (χ2n) is 9.38. The lowest BCUT2D eigenvalue weighted by Crippen LogP contribution is -2.42. The summed E-state index contributed by atoms with van der Waals surface area (Å²) in [6.07, 6.45) is 2.34. The Hall–Kier alpha value is -3.02. The van der Waals surface area contributed by atoms with Gasteiger partial charge in [0.15, 0.2) is 22.1 Å². The van der Waals surface area contributed by atoms with Crippen molar-refractivity contribution >= 4 is 38.8 Å². The first-order valence-electron chi connectivity index (χ1n) is 11.4. The summed E-state index contributed by atoms with van der Waals surface area (Å²) in [4.78, 5) is 41.5. The number of hydrogen-bond acceptors (Lipinski definition) is 8. The number of aromatic nitrogens is 3. The Labute approximate surface area is 197 Å². The third kappa shape index (κ3) is 5.37. The van der Waals surface area contributed by atoms with Crippen LogP contribution in [-0.4, -0.2) is 65.7 Å². The van der Waals surface area contributed by atoms with E-state index in [-0.39, 0.29) is 34.9 Å². The number of hydrogen-bond donors (Lipinski definition) is 2. The smallest absolute Gasteiger partial charge is 0.339 e. The quantitative estimate of drug-likeness (QED) is 0.555. The number of carbonyl (C=O) groups excluding carboxylic acids is 3. The lowest BCUT2D eigenvalue weighted by molar-refractivity contribution is -0.123. The molecular formula is C22H29N5O6S. The number of carbonyl (C=O) groups is 3. The van der Waals surface area contributed by atoms with Crippen molar-refractivity contribution in [1.29, 1.82) is 0 Å². The molecule has 11 nitrogen and oxygen atoms in total. The van der Waals surface area contributed by atoms with Crippen LogP contribution in [0, 0.1) is 12.8 Å². The van der Waals surface area contributed by atoms with Crippen LogP contribution < -0.4 is 10.6 Å². The second kappa shape index (κ2) is 9.32. The number of amides is 3. The monoisotopic (exact) mass is 491 g/mol. The first-order chi connectivity index (χ1) is 16.0. The molecule has 1 saturated heterocycles. The molecule has 2 aliphatic rings. The van der Waals surface area contributed by atoms with Crippen LogP contribution in [0.2, 0.25) is 0 Å². The zero-order valence-electron chi connectivity index (χ0n) is 19.5. The van der Waals surface area contributed by atoms with Gasteiger partial charge in [-0.2, -0.15) is 5.10 Å². The van der Waals surface area contributed by atoms with Gasteiger partial charge in [-0.15, -0.1) is 0 Å². The number of aryl methyl sites for hydroxylation is 1. The van der Waals surface area contributed by atoms with Crippen molar-refractivity contribution in [2.75, 3.05) is 24.7 Å². The molecule has 2 aromatic heterocycles. The number of imide groups is 1. The molecule has 12 heteroatoms. The SMILES string of the molecule is Cc1nn(C2CCS(=O)(=O)C2)c2nc(C3CC3)cc(C(=O)OCC(=O)NC(=O)NCC(C)C)c12. The van der Waals surface area contributed by atoms with E-state index in [1.165, 1.54) is 0 Å². The average Bonchev–Trinajstić information content (AvgIpc) is 3.48. The molecule has 2 fully saturated rings. The summed E-state index contributed by atoms with van der Waals surface area (Å²) >= 11 is 0. The molecule has 0 aromatic carbocycles. The molecule has 0 bridgehead atoms. The molecule has 1 unspecified atom stereocenters. The fourth-order valence-electron chi connectivity index (χ4n) is 4.02. The summed E-state index contributed by atoms with van der Waals surface area (Å²) in [5.41, 5.74) is 1.93. The largest absolute Gasteiger partial charge is 0.452 e. The summed E-state index contributed by atoms with van der Waals surface area (Å²) < 4.78 is 30.9. The number of nitrogens with zero attached hydrogens (tertiary/aromatic N) is 3. The second-order valence-corrected chi connectivity index (χ2v) is 11.6. The Morgan fingerprint density at radius 2 is 1.97 bits per heavy atom. The van der Waals surface area contributed by atoms with E-state index < -0.39 is 34.4 Å². The van der Waals surface area contributed by atoms with E-state index in [0.29, 0.717) is 29.7 Å². The summed E-state index contributed by atoms with van der Waals surface area (Å²) in [7, 11) is -3.14. The van der Waals surface area contributed by atoms with Gasteiger partial charge in [0.05, 0.1) is 34.2 Å². The summed E-state index contributed by atoms with van der Waals surface area (Å²) in [6.45, 7) is 5.35. The average molecular weight is 492 g/mol. The minimum Gasteiger partial charge on any atom is -0.452 e. The van der Waals surface area contributed by atoms with Gasteiger partial charge in [0.1, 0.15) is 0 Å². The number of pyridine rings is 1. The van der Waals surface area contributed by atoms with Gasteiger partial charge in [-0.25, -0.2) is 27.7 Å². The van der Waals surface area contributed by atoms with Crippen LogP contribution >= 0.6 is 0 Å². The van der Waals surface area contributed by atoms with E-state index in [1.54, 1.807) is 17.7 Å². The minimum absolute atomic E-state index is 0.0165. The highest BCUT2D eigenvalue weighted by molar-refractivity contribution is 7.91. The van der Waals surface area contributed by atoms with Gasteiger partial charge in [-0.3, -0.25) is 10.1 Å². The predicted octanol–water partition coefficient (Wildman–Crippen LogP) is 1.62. The number of esters is 1. The fraction of sp³-hybridized carbons (Fsp3) is 0.591. The van der Waals surface area contributed by atoms with Gasteiger partial charge in [-0.1, -0.05) is 13.8 Å². The van der Waals surface area contributed by atoms with Crippen molar-refractivity contribution in [2.45, 2.75) is 52.0 Å². The highest BCUT2D eigenvalue weighted by atomic mass is 32.2. The number of urea groups is 1. The van der Waals surface area contributed by atoms with E-state index in [2.05, 4.69) is 15.7 Å². The molecule has 184 valence electrons. The van der Waals surface area contributed by atoms with Crippen LogP contribution in [0.5, 0.6) is 0 Å². The van der Waals surface area contributed by atoms with Crippen LogP contribution in [0.1, 0.15) is 66.8 Å². The van der Waals surface area contributed by atoms with Gasteiger partial charge >= 0.3 is 12.0 Å². The maximum atomic E-state index is 13.0. The van der Waals surface area contributed by atoms with Crippen LogP contribution in [-0.2, 0) is 19.4 Å². The van der Waals surface area contributed by atoms with Crippen molar-refractivity contribution < 1.29 is 27.5 Å². The summed E-state index contributed by atoms with van der Waals surface area (Å²) in [5, 5.41) is 9.68. The van der Waals surface area contributed by atoms with E-state index in [9.17, 15) is 22.8 Å². The zero-order valence-corrected chi connectivity index (χ0v) is 20.3. The van der Waals surface area contributed by atoms with Gasteiger partial charge in [0, 0.05) is 18.2 Å². The predicted molar refractivity (Wildman–Crippen MR) is 123 cm³/mol. The Balaban J connectivity index is 1.55. The third-order valence-corrected chi connectivity index (χ3v) is 7.64. The van der Waals surface area contributed by atoms with Crippen molar-refractivity contribution in [3.05, 3.63) is 23.0 Å². The maximum Gasteiger partial charge on any atom is 0.339 e. The van der Waals surface area contributed by atoms with E-state index >= 15 is 0 Å². The molecule has 4 rings (SSSR count). The molecule has 34 heavy (non-hydrogen) atoms. The fourth-order valence-corrected chi connectivity index (χ4v) is 5.71. The van der Waals surface area contributed by atoms with E-state index in [0.717, 1.165) is 18.5 Å². The van der Waals surface area contributed by atoms with E-state index in [1.807, 2.05) is 13.8 Å². The van der Waals surface area contributed by atoms with E-state index in [4.69, 9.17) is 9.72 Å². The normalized spacial score (nSPS) is 19.4. The molecule has 1 saturated carbocycles. The van der Waals surface area contributed by atoms with Crippen molar-refractivity contribution in [3.63, 3.8) is 0 Å². The highest BCUT2D eigenvalue weighted by Gasteiger charge is 2.34. The van der Waals surface area contributed by atoms with Gasteiger partial charge in [-0.05, 0) is 38.2 Å². The number of rotatable bonds is 7. The molecule has 0 spiro atoms. The minimum atomic E-state index is -3.14. The van der Waals surface area contributed by atoms with Crippen molar-refractivity contribution in [3.8, 4) is 0 Å². The molecular weight excluding hydrogens is 462 g/mol. The lowest BCUT2D eigenvalue weighted by Gasteiger charge is -2.12. The van der Waals surface area contributed by atoms with Crippen LogP contribution in [0.15, 0.2) is 6.07 Å². The number of ether oxygens (including phenoxy) is 1. The van der Waals surface area contributed by atoms with Crippen molar-refractivity contribution in [1.82, 2.24) is 25.4 Å². The summed E-state index contributed by atoms with van der Waals surface area (Å²) in [6, 6.07) is 0.669. The topological polar surface area (TPSA) is 149 Å². The Morgan fingerprint density at radius 1 is 1.24 bits per heavy atom. The highest BCUT2D eigenvalue weighted by Crippen LogP contribution is 2.41. The number of nitrogens with one attached hydrogen (secondary N) is 2. The van der Waals surface area contributed by atoms with Crippen LogP contribution in [0.25, 0.3) is 11.0 Å². The van der Waals surface area contributed by atoms with Crippen LogP contribution in [0.3, 0.4) is 0 Å². The molecule has 1 aliphatic carbocycles. The number of sulfone groups is 1. The molecule has 1 aliphatic heterocycles. The molecule has 0 radical (unpaired) electrons. The van der Waals surface area contributed by atoms with Gasteiger partial charge in [0.25, 0.3) is 5.91 Å². The standard InChI is InChI=1S/C22H29N5O6S/c1-12(2)9-23-22(30)25-18(28)10-33-21(29)16-8-17(14-4-5-14)24-20-19(16)13(3)26-27(20)15-6-7-34(31,32)11-15/h8,12,14-15H,4-7,9-11H2,1-3H3,(H2,23,25,28,30). The molecule has 3 heterocycles. The first kappa shape index (κ1) is 24.1. The third-order valence-electron chi connectivity index (χ3n) is 5.88. The maximum absolute atomic E-state index is 13.0. The van der Waals surface area contributed by atoms with Gasteiger partial charge in [0.2, 0.25) is 0 Å².